The largest absolute Gasteiger partial charge is 0.351 e. The van der Waals surface area contributed by atoms with Crippen LogP contribution in [0.15, 0.2) is 40.9 Å². The van der Waals surface area contributed by atoms with Gasteiger partial charge in [0.1, 0.15) is 0 Å². The van der Waals surface area contributed by atoms with Crippen LogP contribution in [0, 0.1) is 0 Å². The number of hydrogen-bond donors (Lipinski definition) is 1. The molecule has 4 rings (SSSR count). The molecule has 29 heavy (non-hydrogen) atoms. The molecule has 5 nitrogen and oxygen atoms in total. The summed E-state index contributed by atoms with van der Waals surface area (Å²) in [5.41, 5.74) is 2.35. The number of carbonyl (C=O) groups excluding carboxylic acids is 1. The number of nitrogens with one attached hydrogen (secondary N) is 1. The fraction of sp³-hybridized carbons (Fsp3) is 0.583. The van der Waals surface area contributed by atoms with Gasteiger partial charge in [0.05, 0.1) is 5.69 Å². The van der Waals surface area contributed by atoms with Crippen LogP contribution in [0.3, 0.4) is 0 Å². The van der Waals surface area contributed by atoms with Crippen LogP contribution in [0.4, 0.5) is 0 Å². The fourth-order valence-electron chi connectivity index (χ4n) is 4.74. The first-order valence-electron chi connectivity index (χ1n) is 11.3. The van der Waals surface area contributed by atoms with Crippen LogP contribution in [0.5, 0.6) is 0 Å². The minimum absolute atomic E-state index is 0.105. The van der Waals surface area contributed by atoms with Gasteiger partial charge in [0, 0.05) is 24.6 Å². The molecule has 1 atom stereocenters. The maximum Gasteiger partial charge on any atom is 0.290 e. The van der Waals surface area contributed by atoms with E-state index in [1.165, 1.54) is 37.7 Å². The van der Waals surface area contributed by atoms with Crippen molar-refractivity contribution in [2.45, 2.75) is 69.7 Å². The van der Waals surface area contributed by atoms with Crippen LogP contribution in [0.25, 0.3) is 0 Å². The number of likely N-dealkylation sites (tertiary alicyclic amines) is 1. The second kappa shape index (κ2) is 10.1. The maximum atomic E-state index is 12.5. The molecule has 1 aliphatic heterocycles. The third kappa shape index (κ3) is 5.69. The minimum atomic E-state index is -0.105. The number of piperidine rings is 1. The molecule has 0 radical (unpaired) electrons. The number of nitrogens with zero attached hydrogens (tertiary/aromatic N) is 2. The van der Waals surface area contributed by atoms with E-state index < -0.39 is 0 Å². The van der Waals surface area contributed by atoms with Crippen molar-refractivity contribution in [1.82, 2.24) is 15.4 Å². The van der Waals surface area contributed by atoms with Gasteiger partial charge >= 0.3 is 0 Å². The number of rotatable bonds is 7. The smallest absolute Gasteiger partial charge is 0.290 e. The van der Waals surface area contributed by atoms with Crippen LogP contribution in [-0.2, 0) is 6.42 Å². The molecule has 1 saturated heterocycles. The third-order valence-corrected chi connectivity index (χ3v) is 6.40. The molecule has 1 aromatic carbocycles. The molecule has 2 heterocycles. The third-order valence-electron chi connectivity index (χ3n) is 6.40. The zero-order valence-corrected chi connectivity index (χ0v) is 17.3. The van der Waals surface area contributed by atoms with E-state index in [0.29, 0.717) is 17.7 Å². The summed E-state index contributed by atoms with van der Waals surface area (Å²) in [5.74, 6) is 0.624. The summed E-state index contributed by atoms with van der Waals surface area (Å²) < 4.78 is 5.41. The van der Waals surface area contributed by atoms with Crippen molar-refractivity contribution in [3.63, 3.8) is 0 Å². The molecule has 156 valence electrons. The van der Waals surface area contributed by atoms with Crippen LogP contribution >= 0.6 is 0 Å². The summed E-state index contributed by atoms with van der Waals surface area (Å²) >= 11 is 0. The number of carbonyl (C=O) groups is 1. The predicted molar refractivity (Wildman–Crippen MR) is 114 cm³/mol. The molecular weight excluding hydrogens is 362 g/mol. The van der Waals surface area contributed by atoms with E-state index in [2.05, 4.69) is 45.7 Å². The van der Waals surface area contributed by atoms with Crippen LogP contribution in [-0.4, -0.2) is 41.6 Å². The Balaban J connectivity index is 1.26. The molecule has 0 bridgehead atoms. The lowest BCUT2D eigenvalue weighted by atomic mass is 9.94. The summed E-state index contributed by atoms with van der Waals surface area (Å²) in [6, 6.07) is 12.9. The SMILES string of the molecule is O=C(NC1CCCCC1)c1cc([C@@H]2CCCN(CCCc3ccccc3)C2)no1. The molecule has 0 unspecified atom stereocenters. The lowest BCUT2D eigenvalue weighted by Crippen LogP contribution is -2.36. The Morgan fingerprint density at radius 1 is 1.10 bits per heavy atom. The Hall–Kier alpha value is -2.14. The van der Waals surface area contributed by atoms with E-state index in [-0.39, 0.29) is 5.91 Å². The molecule has 2 fully saturated rings. The first-order valence-corrected chi connectivity index (χ1v) is 11.3. The number of amides is 1. The Morgan fingerprint density at radius 3 is 2.76 bits per heavy atom. The van der Waals surface area contributed by atoms with Gasteiger partial charge < -0.3 is 14.7 Å². The Kier molecular flexibility index (Phi) is 6.99. The fourth-order valence-corrected chi connectivity index (χ4v) is 4.74. The second-order valence-electron chi connectivity index (χ2n) is 8.65. The van der Waals surface area contributed by atoms with Crippen molar-refractivity contribution < 1.29 is 9.32 Å². The lowest BCUT2D eigenvalue weighted by Gasteiger charge is -2.31. The summed E-state index contributed by atoms with van der Waals surface area (Å²) in [4.78, 5) is 15.0. The Bertz CT molecular complexity index is 767. The molecule has 5 heteroatoms. The Morgan fingerprint density at radius 2 is 1.93 bits per heavy atom. The van der Waals surface area contributed by atoms with Gasteiger partial charge in [-0.25, -0.2) is 0 Å². The van der Waals surface area contributed by atoms with Gasteiger partial charge in [-0.2, -0.15) is 0 Å². The van der Waals surface area contributed by atoms with Gasteiger partial charge in [0.15, 0.2) is 0 Å². The summed E-state index contributed by atoms with van der Waals surface area (Å²) in [6.45, 7) is 3.27. The second-order valence-corrected chi connectivity index (χ2v) is 8.65. The van der Waals surface area contributed by atoms with E-state index in [0.717, 1.165) is 51.0 Å². The van der Waals surface area contributed by atoms with Gasteiger partial charge in [-0.1, -0.05) is 54.8 Å². The molecule has 2 aliphatic rings. The highest BCUT2D eigenvalue weighted by Crippen LogP contribution is 2.27. The van der Waals surface area contributed by atoms with Crippen molar-refractivity contribution in [1.29, 1.82) is 0 Å². The molecular formula is C24H33N3O2. The Labute approximate surface area is 173 Å². The summed E-state index contributed by atoms with van der Waals surface area (Å²) in [6.07, 6.45) is 10.4. The van der Waals surface area contributed by atoms with Crippen molar-refractivity contribution in [3.05, 3.63) is 53.4 Å². The molecule has 1 amide bonds. The average molecular weight is 396 g/mol. The maximum absolute atomic E-state index is 12.5. The van der Waals surface area contributed by atoms with Crippen LogP contribution in [0.1, 0.15) is 79.1 Å². The zero-order valence-electron chi connectivity index (χ0n) is 17.3. The monoisotopic (exact) mass is 395 g/mol. The standard InChI is InChI=1S/C24H33N3O2/c28-24(25-21-13-5-2-6-14-21)23-17-22(26-29-23)20-12-8-16-27(18-20)15-7-11-19-9-3-1-4-10-19/h1,3-4,9-10,17,20-21H,2,5-8,11-16,18H2,(H,25,28)/t20-/m1/s1. The topological polar surface area (TPSA) is 58.4 Å². The van der Waals surface area contributed by atoms with Crippen molar-refractivity contribution in [2.75, 3.05) is 19.6 Å². The molecule has 1 saturated carbocycles. The molecule has 1 aliphatic carbocycles. The lowest BCUT2D eigenvalue weighted by molar-refractivity contribution is 0.0890. The van der Waals surface area contributed by atoms with Crippen LogP contribution in [0.2, 0.25) is 0 Å². The quantitative estimate of drug-likeness (QED) is 0.747. The molecule has 0 spiro atoms. The van der Waals surface area contributed by atoms with Crippen molar-refractivity contribution >= 4 is 5.91 Å². The van der Waals surface area contributed by atoms with Crippen molar-refractivity contribution in [2.24, 2.45) is 0 Å². The summed E-state index contributed by atoms with van der Waals surface area (Å²) in [7, 11) is 0. The number of aryl methyl sites for hydroxylation is 1. The first kappa shape index (κ1) is 20.1. The minimum Gasteiger partial charge on any atom is -0.351 e. The van der Waals surface area contributed by atoms with E-state index in [4.69, 9.17) is 4.52 Å². The zero-order chi connectivity index (χ0) is 19.9. The van der Waals surface area contributed by atoms with Gasteiger partial charge in [-0.05, 0) is 57.2 Å². The van der Waals surface area contributed by atoms with Crippen molar-refractivity contribution in [3.8, 4) is 0 Å². The van der Waals surface area contributed by atoms with E-state index in [1.54, 1.807) is 0 Å². The number of aromatic nitrogens is 1. The van der Waals surface area contributed by atoms with Gasteiger partial charge in [0.25, 0.3) is 5.91 Å². The van der Waals surface area contributed by atoms with Crippen LogP contribution < -0.4 is 5.32 Å². The van der Waals surface area contributed by atoms with E-state index >= 15 is 0 Å². The normalized spacial score (nSPS) is 21.2. The van der Waals surface area contributed by atoms with E-state index in [9.17, 15) is 4.79 Å². The highest BCUT2D eigenvalue weighted by Gasteiger charge is 2.26. The summed E-state index contributed by atoms with van der Waals surface area (Å²) in [5, 5.41) is 7.37. The molecule has 2 aromatic rings. The first-order chi connectivity index (χ1) is 14.3. The predicted octanol–water partition coefficient (Wildman–Crippen LogP) is 4.55. The highest BCUT2D eigenvalue weighted by molar-refractivity contribution is 5.91. The van der Waals surface area contributed by atoms with Gasteiger partial charge in [-0.15, -0.1) is 0 Å². The molecule has 1 N–H and O–H groups in total. The van der Waals surface area contributed by atoms with Gasteiger partial charge in [0.2, 0.25) is 5.76 Å². The van der Waals surface area contributed by atoms with Gasteiger partial charge in [-0.3, -0.25) is 4.79 Å². The highest BCUT2D eigenvalue weighted by atomic mass is 16.5. The molecule has 1 aromatic heterocycles. The number of benzene rings is 1. The average Bonchev–Trinajstić information content (AvgIpc) is 3.26. The van der Waals surface area contributed by atoms with E-state index in [1.807, 2.05) is 6.07 Å². The number of hydrogen-bond acceptors (Lipinski definition) is 4.